The van der Waals surface area contributed by atoms with Crippen molar-refractivity contribution in [1.29, 1.82) is 0 Å². The van der Waals surface area contributed by atoms with Gasteiger partial charge in [-0.25, -0.2) is 9.78 Å². The number of hydrogen-bond donors (Lipinski definition) is 2. The zero-order valence-corrected chi connectivity index (χ0v) is 14.5. The molecule has 25 heavy (non-hydrogen) atoms. The number of benzene rings is 2. The van der Waals surface area contributed by atoms with Crippen LogP contribution in [0, 0.1) is 0 Å². The first-order valence-corrected chi connectivity index (χ1v) is 8.57. The number of para-hydroxylation sites is 1. The van der Waals surface area contributed by atoms with Gasteiger partial charge in [0.25, 0.3) is 0 Å². The zero-order chi connectivity index (χ0) is 17.8. The molecule has 0 saturated heterocycles. The van der Waals surface area contributed by atoms with Crippen LogP contribution in [0.25, 0.3) is 10.2 Å². The molecule has 0 aliphatic heterocycles. The van der Waals surface area contributed by atoms with Crippen LogP contribution in [-0.2, 0) is 13.1 Å². The van der Waals surface area contributed by atoms with Crippen LogP contribution in [0.2, 0.25) is 0 Å². The second-order valence-corrected chi connectivity index (χ2v) is 6.77. The van der Waals surface area contributed by atoms with Crippen molar-refractivity contribution in [3.63, 3.8) is 0 Å². The Morgan fingerprint density at radius 2 is 2.00 bits per heavy atom. The first kappa shape index (κ1) is 16.9. The molecule has 2 aromatic carbocycles. The number of thiazole rings is 1. The molecule has 0 spiro atoms. The van der Waals surface area contributed by atoms with Crippen LogP contribution in [0.15, 0.2) is 48.5 Å². The van der Waals surface area contributed by atoms with Crippen molar-refractivity contribution < 1.29 is 9.59 Å². The number of amides is 3. The van der Waals surface area contributed by atoms with Gasteiger partial charge in [-0.2, -0.15) is 0 Å². The van der Waals surface area contributed by atoms with Crippen molar-refractivity contribution >= 4 is 33.5 Å². The van der Waals surface area contributed by atoms with Crippen molar-refractivity contribution in [2.75, 3.05) is 7.05 Å². The third kappa shape index (κ3) is 4.13. The molecule has 6 nitrogen and oxygen atoms in total. The number of nitrogens with one attached hydrogen (secondary N) is 1. The van der Waals surface area contributed by atoms with E-state index in [0.717, 1.165) is 20.8 Å². The first-order chi connectivity index (χ1) is 12.0. The molecule has 3 N–H and O–H groups in total. The Labute approximate surface area is 149 Å². The third-order valence-corrected chi connectivity index (χ3v) is 4.73. The summed E-state index contributed by atoms with van der Waals surface area (Å²) in [7, 11) is 1.72. The lowest BCUT2D eigenvalue weighted by Crippen LogP contribution is -2.36. The predicted octanol–water partition coefficient (Wildman–Crippen LogP) is 2.74. The number of rotatable bonds is 5. The monoisotopic (exact) mass is 354 g/mol. The second-order valence-electron chi connectivity index (χ2n) is 5.65. The Hall–Kier alpha value is -2.93. The van der Waals surface area contributed by atoms with Gasteiger partial charge in [0.1, 0.15) is 5.01 Å². The maximum atomic E-state index is 12.3. The van der Waals surface area contributed by atoms with Crippen LogP contribution in [0.3, 0.4) is 0 Å². The minimum atomic E-state index is -0.485. The van der Waals surface area contributed by atoms with Gasteiger partial charge in [0.2, 0.25) is 5.91 Å². The van der Waals surface area contributed by atoms with Crippen molar-refractivity contribution in [1.82, 2.24) is 15.2 Å². The molecule has 0 saturated carbocycles. The van der Waals surface area contributed by atoms with E-state index in [1.54, 1.807) is 41.5 Å². The number of nitrogens with zero attached hydrogens (tertiary/aromatic N) is 2. The highest BCUT2D eigenvalue weighted by atomic mass is 32.1. The Morgan fingerprint density at radius 3 is 2.76 bits per heavy atom. The number of fused-ring (bicyclic) bond motifs is 1. The lowest BCUT2D eigenvalue weighted by Gasteiger charge is -2.16. The molecule has 0 bridgehead atoms. The summed E-state index contributed by atoms with van der Waals surface area (Å²) in [5.74, 6) is -0.485. The average Bonchev–Trinajstić information content (AvgIpc) is 3.02. The topological polar surface area (TPSA) is 88.3 Å². The number of carbonyl (C=O) groups is 2. The van der Waals surface area contributed by atoms with Crippen LogP contribution in [0.5, 0.6) is 0 Å². The SMILES string of the molecule is CN(Cc1nc2ccccc2s1)C(=O)NCc1cccc(C(N)=O)c1. The van der Waals surface area contributed by atoms with Crippen LogP contribution in [-0.4, -0.2) is 28.9 Å². The maximum Gasteiger partial charge on any atom is 0.317 e. The van der Waals surface area contributed by atoms with Crippen LogP contribution < -0.4 is 11.1 Å². The number of urea groups is 1. The predicted molar refractivity (Wildman–Crippen MR) is 98.3 cm³/mol. The first-order valence-electron chi connectivity index (χ1n) is 7.75. The Kier molecular flexibility index (Phi) is 4.95. The number of aromatic nitrogens is 1. The Bertz CT molecular complexity index is 889. The summed E-state index contributed by atoms with van der Waals surface area (Å²) >= 11 is 1.58. The fourth-order valence-electron chi connectivity index (χ4n) is 2.41. The highest BCUT2D eigenvalue weighted by Crippen LogP contribution is 2.22. The van der Waals surface area contributed by atoms with E-state index in [9.17, 15) is 9.59 Å². The Morgan fingerprint density at radius 1 is 1.20 bits per heavy atom. The lowest BCUT2D eigenvalue weighted by molar-refractivity contribution is 0.1000. The van der Waals surface area contributed by atoms with Crippen molar-refractivity contribution in [2.24, 2.45) is 5.73 Å². The molecule has 0 fully saturated rings. The van der Waals surface area contributed by atoms with E-state index in [-0.39, 0.29) is 6.03 Å². The van der Waals surface area contributed by atoms with Gasteiger partial charge in [-0.1, -0.05) is 24.3 Å². The standard InChI is InChI=1S/C18H18N4O2S/c1-22(11-16-21-14-7-2-3-8-15(14)25-16)18(24)20-10-12-5-4-6-13(9-12)17(19)23/h2-9H,10-11H2,1H3,(H2,19,23)(H,20,24). The van der Waals surface area contributed by atoms with Gasteiger partial charge in [0, 0.05) is 19.2 Å². The van der Waals surface area contributed by atoms with E-state index >= 15 is 0 Å². The molecule has 0 unspecified atom stereocenters. The fraction of sp³-hybridized carbons (Fsp3) is 0.167. The molecule has 1 aromatic heterocycles. The van der Waals surface area contributed by atoms with E-state index < -0.39 is 5.91 Å². The van der Waals surface area contributed by atoms with Gasteiger partial charge in [0.05, 0.1) is 16.8 Å². The fourth-order valence-corrected chi connectivity index (χ4v) is 3.43. The molecule has 3 rings (SSSR count). The van der Waals surface area contributed by atoms with Gasteiger partial charge in [-0.15, -0.1) is 11.3 Å². The number of primary amides is 1. The summed E-state index contributed by atoms with van der Waals surface area (Å²) in [5.41, 5.74) is 7.45. The quantitative estimate of drug-likeness (QED) is 0.738. The van der Waals surface area contributed by atoms with E-state index in [1.165, 1.54) is 0 Å². The highest BCUT2D eigenvalue weighted by Gasteiger charge is 2.12. The third-order valence-electron chi connectivity index (χ3n) is 3.71. The summed E-state index contributed by atoms with van der Waals surface area (Å²) in [5, 5.41) is 3.71. The summed E-state index contributed by atoms with van der Waals surface area (Å²) in [6.07, 6.45) is 0. The van der Waals surface area contributed by atoms with Gasteiger partial charge >= 0.3 is 6.03 Å². The molecule has 3 amide bonds. The van der Waals surface area contributed by atoms with Crippen molar-refractivity contribution in [3.8, 4) is 0 Å². The van der Waals surface area contributed by atoms with Gasteiger partial charge in [-0.05, 0) is 29.8 Å². The summed E-state index contributed by atoms with van der Waals surface area (Å²) < 4.78 is 1.11. The van der Waals surface area contributed by atoms with Crippen LogP contribution >= 0.6 is 11.3 Å². The van der Waals surface area contributed by atoms with Crippen LogP contribution in [0.4, 0.5) is 4.79 Å². The minimum Gasteiger partial charge on any atom is -0.366 e. The molecule has 1 heterocycles. The Balaban J connectivity index is 1.59. The van der Waals surface area contributed by atoms with Gasteiger partial charge < -0.3 is 16.0 Å². The molecule has 7 heteroatoms. The summed E-state index contributed by atoms with van der Waals surface area (Å²) in [4.78, 5) is 29.6. The van der Waals surface area contributed by atoms with Crippen molar-refractivity contribution in [3.05, 3.63) is 64.7 Å². The summed E-state index contributed by atoms with van der Waals surface area (Å²) in [6, 6.07) is 14.6. The molecule has 0 atom stereocenters. The van der Waals surface area contributed by atoms with E-state index in [1.807, 2.05) is 30.3 Å². The molecule has 128 valence electrons. The number of carbonyl (C=O) groups excluding carboxylic acids is 2. The number of hydrogen-bond acceptors (Lipinski definition) is 4. The van der Waals surface area contributed by atoms with Gasteiger partial charge in [0.15, 0.2) is 0 Å². The van der Waals surface area contributed by atoms with E-state index in [0.29, 0.717) is 18.7 Å². The zero-order valence-electron chi connectivity index (χ0n) is 13.7. The van der Waals surface area contributed by atoms with Crippen LogP contribution in [0.1, 0.15) is 20.9 Å². The molecule has 3 aromatic rings. The molecule has 0 aliphatic rings. The number of nitrogens with two attached hydrogens (primary N) is 1. The highest BCUT2D eigenvalue weighted by molar-refractivity contribution is 7.18. The normalized spacial score (nSPS) is 10.6. The van der Waals surface area contributed by atoms with Crippen molar-refractivity contribution in [2.45, 2.75) is 13.1 Å². The van der Waals surface area contributed by atoms with E-state index in [2.05, 4.69) is 10.3 Å². The summed E-state index contributed by atoms with van der Waals surface area (Å²) in [6.45, 7) is 0.761. The van der Waals surface area contributed by atoms with E-state index in [4.69, 9.17) is 5.73 Å². The average molecular weight is 354 g/mol. The minimum absolute atomic E-state index is 0.205. The lowest BCUT2D eigenvalue weighted by atomic mass is 10.1. The molecule has 0 radical (unpaired) electrons. The van der Waals surface area contributed by atoms with Gasteiger partial charge in [-0.3, -0.25) is 4.79 Å². The smallest absolute Gasteiger partial charge is 0.317 e. The molecule has 0 aliphatic carbocycles. The molecular weight excluding hydrogens is 336 g/mol. The largest absolute Gasteiger partial charge is 0.366 e. The second kappa shape index (κ2) is 7.31. The molecular formula is C18H18N4O2S. The maximum absolute atomic E-state index is 12.3.